The second-order valence-corrected chi connectivity index (χ2v) is 9.91. The lowest BCUT2D eigenvalue weighted by Gasteiger charge is -2.28. The normalized spacial score (nSPS) is 17.2. The lowest BCUT2D eigenvalue weighted by molar-refractivity contribution is -0.146. The van der Waals surface area contributed by atoms with Gasteiger partial charge in [-0.1, -0.05) is 62.9 Å². The van der Waals surface area contributed by atoms with Crippen molar-refractivity contribution in [1.82, 2.24) is 0 Å². The number of rotatable bonds is 11. The third kappa shape index (κ3) is 7.21. The number of carbonyl (C=O) groups excluding carboxylic acids is 1. The quantitative estimate of drug-likeness (QED) is 0.180. The van der Waals surface area contributed by atoms with Crippen molar-refractivity contribution in [3.8, 4) is 28.0 Å². The molecule has 0 bridgehead atoms. The van der Waals surface area contributed by atoms with Crippen LogP contribution in [0.1, 0.15) is 69.2 Å². The van der Waals surface area contributed by atoms with E-state index in [1.165, 1.54) is 49.9 Å². The van der Waals surface area contributed by atoms with Gasteiger partial charge in [0.05, 0.1) is 18.8 Å². The van der Waals surface area contributed by atoms with Gasteiger partial charge in [0.2, 0.25) is 12.1 Å². The van der Waals surface area contributed by atoms with Gasteiger partial charge >= 0.3 is 5.97 Å². The highest BCUT2D eigenvalue weighted by atomic mass is 19.2. The third-order valence-corrected chi connectivity index (χ3v) is 7.09. The number of carbonyl (C=O) groups is 1. The smallest absolute Gasteiger partial charge is 0.340 e. The van der Waals surface area contributed by atoms with Gasteiger partial charge in [-0.3, -0.25) is 0 Å². The van der Waals surface area contributed by atoms with Crippen LogP contribution in [0, 0.1) is 23.4 Å². The summed E-state index contributed by atoms with van der Waals surface area (Å²) in [6.07, 6.45) is 6.97. The lowest BCUT2D eigenvalue weighted by atomic mass is 9.95. The molecule has 0 N–H and O–H groups in total. The molecule has 0 saturated carbocycles. The largest absolute Gasteiger partial charge is 0.491 e. The zero-order valence-corrected chi connectivity index (χ0v) is 22.5. The molecule has 3 aromatic carbocycles. The molecule has 1 fully saturated rings. The van der Waals surface area contributed by atoms with Crippen LogP contribution in [0.2, 0.25) is 0 Å². The molecule has 208 valence electrons. The van der Waals surface area contributed by atoms with Gasteiger partial charge < -0.3 is 14.2 Å². The molecule has 39 heavy (non-hydrogen) atoms. The Morgan fingerprint density at radius 2 is 1.59 bits per heavy atom. The van der Waals surface area contributed by atoms with E-state index in [0.29, 0.717) is 30.1 Å². The molecule has 0 amide bonds. The number of esters is 1. The number of halogens is 3. The predicted molar refractivity (Wildman–Crippen MR) is 145 cm³/mol. The van der Waals surface area contributed by atoms with Crippen molar-refractivity contribution in [3.05, 3.63) is 77.6 Å². The average Bonchev–Trinajstić information content (AvgIpc) is 2.95. The average molecular weight is 541 g/mol. The molecule has 1 aliphatic heterocycles. The molecular weight excluding hydrogens is 505 g/mol. The van der Waals surface area contributed by atoms with Crippen molar-refractivity contribution < 1.29 is 32.2 Å². The monoisotopic (exact) mass is 540 g/mol. The SMILES string of the molecule is CCCCCCC1CCC(OC(=O)c2ccc(-c3ccc(-c4ccc(OCC)c(F)c4F)cc3)c(F)c2)OC1. The van der Waals surface area contributed by atoms with Crippen LogP contribution in [0.4, 0.5) is 13.2 Å². The number of hydrogen-bond acceptors (Lipinski definition) is 4. The highest BCUT2D eigenvalue weighted by Crippen LogP contribution is 2.32. The molecule has 0 radical (unpaired) electrons. The van der Waals surface area contributed by atoms with Crippen LogP contribution < -0.4 is 4.74 Å². The Morgan fingerprint density at radius 1 is 0.872 bits per heavy atom. The fraction of sp³-hybridized carbons (Fsp3) is 0.406. The Balaban J connectivity index is 1.36. The first-order valence-corrected chi connectivity index (χ1v) is 13.7. The van der Waals surface area contributed by atoms with Gasteiger partial charge in [-0.25, -0.2) is 13.6 Å². The lowest BCUT2D eigenvalue weighted by Crippen LogP contribution is -2.30. The Bertz CT molecular complexity index is 1250. The van der Waals surface area contributed by atoms with Crippen molar-refractivity contribution in [2.24, 2.45) is 5.92 Å². The highest BCUT2D eigenvalue weighted by molar-refractivity contribution is 5.90. The number of benzene rings is 3. The fourth-order valence-electron chi connectivity index (χ4n) is 4.88. The van der Waals surface area contributed by atoms with E-state index in [1.54, 1.807) is 31.2 Å². The van der Waals surface area contributed by atoms with Crippen LogP contribution in [-0.4, -0.2) is 25.5 Å². The van der Waals surface area contributed by atoms with E-state index >= 15 is 0 Å². The minimum absolute atomic E-state index is 0.0776. The Labute approximate surface area is 228 Å². The summed E-state index contributed by atoms with van der Waals surface area (Å²) in [6, 6.07) is 13.4. The van der Waals surface area contributed by atoms with Crippen LogP contribution in [0.3, 0.4) is 0 Å². The minimum atomic E-state index is -1.05. The summed E-state index contributed by atoms with van der Waals surface area (Å²) < 4.78 is 60.2. The first-order valence-electron chi connectivity index (χ1n) is 13.7. The van der Waals surface area contributed by atoms with E-state index in [1.807, 2.05) is 0 Å². The molecule has 0 spiro atoms. The minimum Gasteiger partial charge on any atom is -0.491 e. The summed E-state index contributed by atoms with van der Waals surface area (Å²) in [7, 11) is 0. The van der Waals surface area contributed by atoms with Gasteiger partial charge in [-0.2, -0.15) is 4.39 Å². The molecule has 0 aliphatic carbocycles. The first-order chi connectivity index (χ1) is 18.9. The molecule has 2 unspecified atom stereocenters. The van der Waals surface area contributed by atoms with Crippen LogP contribution in [0.5, 0.6) is 5.75 Å². The summed E-state index contributed by atoms with van der Waals surface area (Å²) >= 11 is 0. The van der Waals surface area contributed by atoms with Crippen molar-refractivity contribution in [3.63, 3.8) is 0 Å². The van der Waals surface area contributed by atoms with E-state index in [4.69, 9.17) is 14.2 Å². The third-order valence-electron chi connectivity index (χ3n) is 7.09. The molecular formula is C32H35F3O4. The summed E-state index contributed by atoms with van der Waals surface area (Å²) in [5.74, 6) is -2.93. The first kappa shape index (κ1) is 28.7. The topological polar surface area (TPSA) is 44.8 Å². The molecule has 7 heteroatoms. The van der Waals surface area contributed by atoms with Gasteiger partial charge in [0, 0.05) is 17.5 Å². The van der Waals surface area contributed by atoms with Crippen molar-refractivity contribution in [2.45, 2.75) is 65.1 Å². The summed E-state index contributed by atoms with van der Waals surface area (Å²) in [4.78, 5) is 12.6. The maximum atomic E-state index is 15.0. The summed E-state index contributed by atoms with van der Waals surface area (Å²) in [6.45, 7) is 4.67. The molecule has 1 heterocycles. The second kappa shape index (κ2) is 13.7. The maximum Gasteiger partial charge on any atom is 0.340 e. The van der Waals surface area contributed by atoms with Crippen LogP contribution in [-0.2, 0) is 9.47 Å². The van der Waals surface area contributed by atoms with Crippen molar-refractivity contribution in [1.29, 1.82) is 0 Å². The van der Waals surface area contributed by atoms with Gasteiger partial charge in [-0.05, 0) is 61.1 Å². The highest BCUT2D eigenvalue weighted by Gasteiger charge is 2.25. The number of unbranched alkanes of at least 4 members (excludes halogenated alkanes) is 3. The summed E-state index contributed by atoms with van der Waals surface area (Å²) in [5.41, 5.74) is 1.42. The van der Waals surface area contributed by atoms with E-state index in [9.17, 15) is 18.0 Å². The molecule has 1 aliphatic rings. The van der Waals surface area contributed by atoms with Crippen molar-refractivity contribution >= 4 is 5.97 Å². The molecule has 4 rings (SSSR count). The van der Waals surface area contributed by atoms with Gasteiger partial charge in [0.15, 0.2) is 11.6 Å². The number of hydrogen-bond donors (Lipinski definition) is 0. The maximum absolute atomic E-state index is 15.0. The van der Waals surface area contributed by atoms with E-state index in [0.717, 1.165) is 18.9 Å². The van der Waals surface area contributed by atoms with Gasteiger partial charge in [0.1, 0.15) is 5.82 Å². The van der Waals surface area contributed by atoms with Crippen LogP contribution in [0.25, 0.3) is 22.3 Å². The number of ether oxygens (including phenoxy) is 3. The zero-order chi connectivity index (χ0) is 27.8. The Morgan fingerprint density at radius 3 is 2.23 bits per heavy atom. The van der Waals surface area contributed by atoms with E-state index in [-0.39, 0.29) is 29.0 Å². The fourth-order valence-corrected chi connectivity index (χ4v) is 4.88. The second-order valence-electron chi connectivity index (χ2n) is 9.91. The molecule has 3 aromatic rings. The van der Waals surface area contributed by atoms with Crippen molar-refractivity contribution in [2.75, 3.05) is 13.2 Å². The van der Waals surface area contributed by atoms with Crippen LogP contribution in [0.15, 0.2) is 54.6 Å². The molecule has 0 aromatic heterocycles. The van der Waals surface area contributed by atoms with E-state index < -0.39 is 29.7 Å². The molecule has 4 nitrogen and oxygen atoms in total. The molecule has 1 saturated heterocycles. The Hall–Kier alpha value is -3.32. The van der Waals surface area contributed by atoms with Gasteiger partial charge in [0.25, 0.3) is 0 Å². The zero-order valence-electron chi connectivity index (χ0n) is 22.5. The van der Waals surface area contributed by atoms with Crippen LogP contribution >= 0.6 is 0 Å². The molecule has 2 atom stereocenters. The predicted octanol–water partition coefficient (Wildman–Crippen LogP) is 8.72. The van der Waals surface area contributed by atoms with Gasteiger partial charge in [-0.15, -0.1) is 0 Å². The summed E-state index contributed by atoms with van der Waals surface area (Å²) in [5, 5.41) is 0. The standard InChI is InChI=1S/C32H35F3O4/c1-3-5-6-7-8-21-9-18-29(38-20-21)39-32(36)24-14-15-25(27(33)19-24)22-10-12-23(13-11-22)26-16-17-28(37-4-2)31(35)30(26)34/h10-17,19,21,29H,3-9,18,20H2,1-2H3. The Kier molecular flexibility index (Phi) is 10.0. The van der Waals surface area contributed by atoms with E-state index in [2.05, 4.69) is 6.92 Å².